The highest BCUT2D eigenvalue weighted by Gasteiger charge is 2.30. The van der Waals surface area contributed by atoms with Gasteiger partial charge in [0.25, 0.3) is 0 Å². The smallest absolute Gasteiger partial charge is 0.243 e. The molecule has 0 saturated heterocycles. The maximum atomic E-state index is 13.8. The molecule has 0 N–H and O–H groups in total. The number of hydrogen-bond acceptors (Lipinski definition) is 4. The van der Waals surface area contributed by atoms with Crippen LogP contribution in [0.4, 0.5) is 0 Å². The molecule has 36 heavy (non-hydrogen) atoms. The molecule has 4 rings (SSSR count). The predicted octanol–water partition coefficient (Wildman–Crippen LogP) is 6.17. The normalized spacial score (nSPS) is 12.6. The van der Waals surface area contributed by atoms with Gasteiger partial charge >= 0.3 is 0 Å². The van der Waals surface area contributed by atoms with E-state index in [-0.39, 0.29) is 29.8 Å². The highest BCUT2D eigenvalue weighted by molar-refractivity contribution is 7.89. The molecule has 0 spiro atoms. The molecule has 1 atom stereocenters. The molecule has 3 aromatic carbocycles. The van der Waals surface area contributed by atoms with E-state index in [0.29, 0.717) is 13.1 Å². The van der Waals surface area contributed by atoms with Crippen molar-refractivity contribution in [2.75, 3.05) is 13.1 Å². The molecule has 1 unspecified atom stereocenters. The van der Waals surface area contributed by atoms with Gasteiger partial charge in [-0.2, -0.15) is 4.31 Å². The number of carbonyl (C=O) groups excluding carboxylic acids is 1. The summed E-state index contributed by atoms with van der Waals surface area (Å²) < 4.78 is 29.0. The second-order valence-electron chi connectivity index (χ2n) is 9.13. The lowest BCUT2D eigenvalue weighted by molar-refractivity contribution is -0.132. The Morgan fingerprint density at radius 2 is 1.61 bits per heavy atom. The Hall–Kier alpha value is -3.00. The number of thiophene rings is 1. The van der Waals surface area contributed by atoms with E-state index in [2.05, 4.69) is 0 Å². The van der Waals surface area contributed by atoms with E-state index in [1.54, 1.807) is 28.4 Å². The standard InChI is InChI=1S/C29H32N2O3S2/c1-3-23(2)19-31(36(33,34)28-16-15-25-12-7-8-13-26(25)18-28)22-29(32)30(21-27-14-9-17-35-27)20-24-10-5-4-6-11-24/h4-18,23H,3,19-22H2,1-2H3. The lowest BCUT2D eigenvalue weighted by Crippen LogP contribution is -2.44. The van der Waals surface area contributed by atoms with Gasteiger partial charge in [0.15, 0.2) is 0 Å². The minimum atomic E-state index is -3.87. The molecule has 0 fully saturated rings. The van der Waals surface area contributed by atoms with Crippen LogP contribution in [0.2, 0.25) is 0 Å². The van der Waals surface area contributed by atoms with Crippen molar-refractivity contribution in [1.29, 1.82) is 0 Å². The largest absolute Gasteiger partial charge is 0.332 e. The predicted molar refractivity (Wildman–Crippen MR) is 147 cm³/mol. The van der Waals surface area contributed by atoms with Crippen molar-refractivity contribution in [2.45, 2.75) is 38.3 Å². The summed E-state index contributed by atoms with van der Waals surface area (Å²) in [7, 11) is -3.87. The first-order valence-electron chi connectivity index (χ1n) is 12.2. The second-order valence-corrected chi connectivity index (χ2v) is 12.1. The average molecular weight is 521 g/mol. The van der Waals surface area contributed by atoms with Gasteiger partial charge in [0.1, 0.15) is 0 Å². The monoisotopic (exact) mass is 520 g/mol. The fourth-order valence-electron chi connectivity index (χ4n) is 4.08. The van der Waals surface area contributed by atoms with Gasteiger partial charge in [0.2, 0.25) is 15.9 Å². The highest BCUT2D eigenvalue weighted by Crippen LogP contribution is 2.24. The Morgan fingerprint density at radius 1 is 0.889 bits per heavy atom. The van der Waals surface area contributed by atoms with Crippen LogP contribution in [0.5, 0.6) is 0 Å². The number of fused-ring (bicyclic) bond motifs is 1. The summed E-state index contributed by atoms with van der Waals surface area (Å²) in [6.45, 7) is 5.00. The topological polar surface area (TPSA) is 57.7 Å². The third-order valence-electron chi connectivity index (χ3n) is 6.38. The maximum absolute atomic E-state index is 13.8. The number of hydrogen-bond donors (Lipinski definition) is 0. The van der Waals surface area contributed by atoms with Gasteiger partial charge in [-0.25, -0.2) is 8.42 Å². The molecule has 5 nitrogen and oxygen atoms in total. The van der Waals surface area contributed by atoms with E-state index < -0.39 is 10.0 Å². The van der Waals surface area contributed by atoms with Gasteiger partial charge in [-0.3, -0.25) is 4.79 Å². The van der Waals surface area contributed by atoms with Crippen molar-refractivity contribution in [2.24, 2.45) is 5.92 Å². The molecular weight excluding hydrogens is 488 g/mol. The Bertz CT molecular complexity index is 1390. The van der Waals surface area contributed by atoms with Gasteiger partial charge in [-0.15, -0.1) is 11.3 Å². The van der Waals surface area contributed by atoms with Gasteiger partial charge < -0.3 is 4.90 Å². The Morgan fingerprint density at radius 3 is 2.31 bits per heavy atom. The second kappa shape index (κ2) is 11.8. The summed E-state index contributed by atoms with van der Waals surface area (Å²) in [5, 5.41) is 3.82. The van der Waals surface area contributed by atoms with E-state index in [4.69, 9.17) is 0 Å². The van der Waals surface area contributed by atoms with Crippen molar-refractivity contribution in [1.82, 2.24) is 9.21 Å². The molecule has 1 heterocycles. The van der Waals surface area contributed by atoms with E-state index in [9.17, 15) is 13.2 Å². The van der Waals surface area contributed by atoms with Crippen molar-refractivity contribution >= 4 is 38.0 Å². The number of carbonyl (C=O) groups is 1. The minimum absolute atomic E-state index is 0.118. The number of nitrogens with zero attached hydrogens (tertiary/aromatic N) is 2. The summed E-state index contributed by atoms with van der Waals surface area (Å²) in [5.41, 5.74) is 1.01. The van der Waals surface area contributed by atoms with Crippen LogP contribution < -0.4 is 0 Å². The van der Waals surface area contributed by atoms with Crippen LogP contribution >= 0.6 is 11.3 Å². The van der Waals surface area contributed by atoms with Gasteiger partial charge in [0.05, 0.1) is 18.0 Å². The minimum Gasteiger partial charge on any atom is -0.332 e. The molecule has 4 aromatic rings. The van der Waals surface area contributed by atoms with E-state index in [1.165, 1.54) is 4.31 Å². The van der Waals surface area contributed by atoms with Crippen LogP contribution in [0.1, 0.15) is 30.7 Å². The van der Waals surface area contributed by atoms with E-state index >= 15 is 0 Å². The third kappa shape index (κ3) is 6.40. The summed E-state index contributed by atoms with van der Waals surface area (Å²) in [6.07, 6.45) is 0.820. The molecule has 0 aliphatic heterocycles. The summed E-state index contributed by atoms with van der Waals surface area (Å²) in [4.78, 5) is 16.7. The van der Waals surface area contributed by atoms with Gasteiger partial charge in [-0.1, -0.05) is 87.0 Å². The molecule has 188 valence electrons. The highest BCUT2D eigenvalue weighted by atomic mass is 32.2. The van der Waals surface area contributed by atoms with Crippen molar-refractivity contribution in [3.05, 3.63) is 101 Å². The zero-order valence-electron chi connectivity index (χ0n) is 20.7. The fourth-order valence-corrected chi connectivity index (χ4v) is 6.34. The maximum Gasteiger partial charge on any atom is 0.243 e. The number of rotatable bonds is 11. The summed E-state index contributed by atoms with van der Waals surface area (Å²) in [5.74, 6) is -0.0900. The molecule has 1 amide bonds. The van der Waals surface area contributed by atoms with Gasteiger partial charge in [0, 0.05) is 18.0 Å². The molecular formula is C29H32N2O3S2. The molecule has 0 saturated carbocycles. The first kappa shape index (κ1) is 26.1. The molecule has 1 aromatic heterocycles. The number of amides is 1. The van der Waals surface area contributed by atoms with Gasteiger partial charge in [-0.05, 0) is 45.8 Å². The van der Waals surface area contributed by atoms with Crippen LogP contribution in [-0.4, -0.2) is 36.6 Å². The van der Waals surface area contributed by atoms with E-state index in [1.807, 2.05) is 92.0 Å². The number of sulfonamides is 1. The molecule has 0 aliphatic rings. The molecule has 0 bridgehead atoms. The molecule has 7 heteroatoms. The Labute approximate surface area is 218 Å². The van der Waals surface area contributed by atoms with Crippen molar-refractivity contribution in [3.63, 3.8) is 0 Å². The zero-order valence-corrected chi connectivity index (χ0v) is 22.3. The average Bonchev–Trinajstić information content (AvgIpc) is 3.41. The van der Waals surface area contributed by atoms with Crippen molar-refractivity contribution < 1.29 is 13.2 Å². The van der Waals surface area contributed by atoms with Crippen LogP contribution in [0, 0.1) is 5.92 Å². The Balaban J connectivity index is 1.63. The third-order valence-corrected chi connectivity index (χ3v) is 9.05. The quantitative estimate of drug-likeness (QED) is 0.238. The van der Waals surface area contributed by atoms with Crippen LogP contribution in [0.15, 0.2) is 95.2 Å². The van der Waals surface area contributed by atoms with E-state index in [0.717, 1.165) is 27.6 Å². The van der Waals surface area contributed by atoms with Crippen LogP contribution in [-0.2, 0) is 27.9 Å². The molecule has 0 aliphatic carbocycles. The first-order chi connectivity index (χ1) is 17.4. The number of benzene rings is 3. The fraction of sp³-hybridized carbons (Fsp3) is 0.276. The SMILES string of the molecule is CCC(C)CN(CC(=O)N(Cc1ccccc1)Cc1cccs1)S(=O)(=O)c1ccc2ccccc2c1. The lowest BCUT2D eigenvalue weighted by Gasteiger charge is -2.28. The summed E-state index contributed by atoms with van der Waals surface area (Å²) >= 11 is 1.59. The van der Waals surface area contributed by atoms with Crippen LogP contribution in [0.25, 0.3) is 10.8 Å². The molecule has 0 radical (unpaired) electrons. The van der Waals surface area contributed by atoms with Crippen molar-refractivity contribution in [3.8, 4) is 0 Å². The summed E-state index contributed by atoms with van der Waals surface area (Å²) in [6, 6.07) is 26.6. The lowest BCUT2D eigenvalue weighted by atomic mass is 10.1. The zero-order chi connectivity index (χ0) is 25.5. The first-order valence-corrected chi connectivity index (χ1v) is 14.5. The van der Waals surface area contributed by atoms with Crippen LogP contribution in [0.3, 0.4) is 0 Å². The Kier molecular flexibility index (Phi) is 8.56.